The van der Waals surface area contributed by atoms with Gasteiger partial charge in [-0.1, -0.05) is 0 Å². The van der Waals surface area contributed by atoms with Gasteiger partial charge in [-0.25, -0.2) is 22.9 Å². The van der Waals surface area contributed by atoms with E-state index in [1.54, 1.807) is 6.07 Å². The van der Waals surface area contributed by atoms with Crippen molar-refractivity contribution in [3.8, 4) is 5.75 Å². The van der Waals surface area contributed by atoms with E-state index in [9.17, 15) is 23.1 Å². The molecule has 2 N–H and O–H groups in total. The van der Waals surface area contributed by atoms with Gasteiger partial charge in [-0.05, 0) is 49.9 Å². The number of halogens is 3. The Bertz CT molecular complexity index is 1260. The lowest BCUT2D eigenvalue weighted by Gasteiger charge is -2.32. The third kappa shape index (κ3) is 7.33. The fourth-order valence-corrected chi connectivity index (χ4v) is 4.01. The lowest BCUT2D eigenvalue weighted by Crippen LogP contribution is -2.44. The number of nitrogens with one attached hydrogen (secondary N) is 1. The SMILES string of the molecule is CN1CCN(CCCOc2ccc(Nc3nccc(N(Cc4cc(F)ccc4F)C(=O)O)n3)cc2F)CC1. The third-order valence-corrected chi connectivity index (χ3v) is 6.14. The van der Waals surface area contributed by atoms with Gasteiger partial charge in [0.2, 0.25) is 5.95 Å². The summed E-state index contributed by atoms with van der Waals surface area (Å²) in [5.41, 5.74) is 0.171. The zero-order valence-electron chi connectivity index (χ0n) is 20.9. The van der Waals surface area contributed by atoms with Crippen molar-refractivity contribution in [3.63, 3.8) is 0 Å². The van der Waals surface area contributed by atoms with Crippen LogP contribution < -0.4 is 15.0 Å². The van der Waals surface area contributed by atoms with Crippen molar-refractivity contribution < 1.29 is 27.8 Å². The van der Waals surface area contributed by atoms with E-state index >= 15 is 0 Å². The van der Waals surface area contributed by atoms with Gasteiger partial charge in [0, 0.05) is 56.2 Å². The Morgan fingerprint density at radius 1 is 1.08 bits per heavy atom. The highest BCUT2D eigenvalue weighted by Gasteiger charge is 2.20. The maximum Gasteiger partial charge on any atom is 0.413 e. The predicted molar refractivity (Wildman–Crippen MR) is 136 cm³/mol. The summed E-state index contributed by atoms with van der Waals surface area (Å²) in [6, 6.07) is 8.41. The lowest BCUT2D eigenvalue weighted by atomic mass is 10.2. The number of carbonyl (C=O) groups is 1. The number of nitrogens with zero attached hydrogens (tertiary/aromatic N) is 5. The fourth-order valence-electron chi connectivity index (χ4n) is 4.01. The van der Waals surface area contributed by atoms with Gasteiger partial charge in [0.05, 0.1) is 13.2 Å². The molecule has 0 atom stereocenters. The summed E-state index contributed by atoms with van der Waals surface area (Å²) in [5, 5.41) is 12.5. The van der Waals surface area contributed by atoms with E-state index in [2.05, 4.69) is 32.1 Å². The molecule has 1 aliphatic heterocycles. The number of rotatable bonds is 10. The highest BCUT2D eigenvalue weighted by atomic mass is 19.1. The molecule has 1 aliphatic rings. The van der Waals surface area contributed by atoms with Gasteiger partial charge in [-0.3, -0.25) is 4.90 Å². The maximum absolute atomic E-state index is 14.6. The van der Waals surface area contributed by atoms with E-state index in [0.717, 1.165) is 62.2 Å². The van der Waals surface area contributed by atoms with Crippen LogP contribution in [0.2, 0.25) is 0 Å². The van der Waals surface area contributed by atoms with Gasteiger partial charge in [0.25, 0.3) is 0 Å². The van der Waals surface area contributed by atoms with Crippen molar-refractivity contribution in [1.82, 2.24) is 19.8 Å². The van der Waals surface area contributed by atoms with E-state index in [0.29, 0.717) is 12.3 Å². The van der Waals surface area contributed by atoms with Crippen LogP contribution >= 0.6 is 0 Å². The molecule has 2 heterocycles. The number of aromatic nitrogens is 2. The molecule has 9 nitrogen and oxygen atoms in total. The molecule has 1 saturated heterocycles. The molecule has 2 aromatic carbocycles. The van der Waals surface area contributed by atoms with Crippen LogP contribution in [0.5, 0.6) is 5.75 Å². The first-order chi connectivity index (χ1) is 18.3. The van der Waals surface area contributed by atoms with E-state index in [-0.39, 0.29) is 23.1 Å². The summed E-state index contributed by atoms with van der Waals surface area (Å²) >= 11 is 0. The van der Waals surface area contributed by atoms with Crippen LogP contribution in [-0.4, -0.2) is 77.3 Å². The summed E-state index contributed by atoms with van der Waals surface area (Å²) in [4.78, 5) is 25.4. The second-order valence-corrected chi connectivity index (χ2v) is 8.96. The third-order valence-electron chi connectivity index (χ3n) is 6.14. The molecule has 0 radical (unpaired) electrons. The minimum absolute atomic E-state index is 0.00583. The lowest BCUT2D eigenvalue weighted by molar-refractivity contribution is 0.145. The van der Waals surface area contributed by atoms with Crippen LogP contribution in [0.25, 0.3) is 0 Å². The van der Waals surface area contributed by atoms with Crippen molar-refractivity contribution in [1.29, 1.82) is 0 Å². The van der Waals surface area contributed by atoms with Crippen LogP contribution in [0.4, 0.5) is 35.4 Å². The summed E-state index contributed by atoms with van der Waals surface area (Å²) in [6.45, 7) is 4.92. The van der Waals surface area contributed by atoms with Gasteiger partial charge < -0.3 is 25.0 Å². The van der Waals surface area contributed by atoms with Crippen molar-refractivity contribution in [2.75, 3.05) is 56.6 Å². The van der Waals surface area contributed by atoms with Gasteiger partial charge in [-0.15, -0.1) is 0 Å². The van der Waals surface area contributed by atoms with Crippen molar-refractivity contribution >= 4 is 23.5 Å². The average Bonchev–Trinajstić information content (AvgIpc) is 2.89. The summed E-state index contributed by atoms with van der Waals surface area (Å²) in [6.07, 6.45) is 0.665. The smallest absolute Gasteiger partial charge is 0.413 e. The number of anilines is 3. The van der Waals surface area contributed by atoms with Crippen LogP contribution in [0.15, 0.2) is 48.7 Å². The van der Waals surface area contributed by atoms with Crippen LogP contribution in [0.1, 0.15) is 12.0 Å². The van der Waals surface area contributed by atoms with E-state index in [1.165, 1.54) is 24.4 Å². The molecule has 1 fully saturated rings. The minimum atomic E-state index is -1.42. The van der Waals surface area contributed by atoms with E-state index in [4.69, 9.17) is 4.74 Å². The molecule has 4 rings (SSSR count). The highest BCUT2D eigenvalue weighted by molar-refractivity contribution is 5.84. The Hall–Kier alpha value is -3.90. The van der Waals surface area contributed by atoms with E-state index in [1.807, 2.05) is 0 Å². The molecular formula is C26H29F3N6O3. The molecule has 0 spiro atoms. The zero-order valence-corrected chi connectivity index (χ0v) is 20.9. The number of piperazine rings is 1. The summed E-state index contributed by atoms with van der Waals surface area (Å²) in [5.74, 6) is -1.96. The second kappa shape index (κ2) is 12.6. The average molecular weight is 531 g/mol. The number of carboxylic acid groups (broad SMARTS) is 1. The Morgan fingerprint density at radius 2 is 1.87 bits per heavy atom. The maximum atomic E-state index is 14.6. The van der Waals surface area contributed by atoms with Crippen molar-refractivity contribution in [3.05, 3.63) is 71.7 Å². The zero-order chi connectivity index (χ0) is 27.1. The van der Waals surface area contributed by atoms with Crippen LogP contribution in [0.3, 0.4) is 0 Å². The first-order valence-electron chi connectivity index (χ1n) is 12.2. The van der Waals surface area contributed by atoms with Crippen molar-refractivity contribution in [2.24, 2.45) is 0 Å². The monoisotopic (exact) mass is 530 g/mol. The Morgan fingerprint density at radius 3 is 2.61 bits per heavy atom. The molecule has 38 heavy (non-hydrogen) atoms. The molecule has 0 aliphatic carbocycles. The van der Waals surface area contributed by atoms with Gasteiger partial charge >= 0.3 is 6.09 Å². The molecule has 1 amide bonds. The molecule has 0 bridgehead atoms. The van der Waals surface area contributed by atoms with Crippen LogP contribution in [0, 0.1) is 17.5 Å². The molecule has 0 unspecified atom stereocenters. The number of hydrogen-bond acceptors (Lipinski definition) is 7. The van der Waals surface area contributed by atoms with Gasteiger partial charge in [0.1, 0.15) is 17.5 Å². The number of ether oxygens (including phenoxy) is 1. The van der Waals surface area contributed by atoms with E-state index < -0.39 is 30.1 Å². The van der Waals surface area contributed by atoms with Gasteiger partial charge in [-0.2, -0.15) is 4.98 Å². The number of likely N-dealkylation sites (N-methyl/N-ethyl adjacent to an activating group) is 1. The highest BCUT2D eigenvalue weighted by Crippen LogP contribution is 2.24. The fraction of sp³-hybridized carbons (Fsp3) is 0.346. The normalized spacial score (nSPS) is 14.3. The Kier molecular flexibility index (Phi) is 8.98. The molecule has 12 heteroatoms. The second-order valence-electron chi connectivity index (χ2n) is 8.96. The molecular weight excluding hydrogens is 501 g/mol. The molecule has 1 aromatic heterocycles. The summed E-state index contributed by atoms with van der Waals surface area (Å²) in [7, 11) is 2.10. The quantitative estimate of drug-likeness (QED) is 0.374. The molecule has 3 aromatic rings. The number of benzene rings is 2. The van der Waals surface area contributed by atoms with Crippen molar-refractivity contribution in [2.45, 2.75) is 13.0 Å². The van der Waals surface area contributed by atoms with Gasteiger partial charge in [0.15, 0.2) is 11.6 Å². The number of amides is 1. The Balaban J connectivity index is 1.36. The predicted octanol–water partition coefficient (Wildman–Crippen LogP) is 4.34. The first-order valence-corrected chi connectivity index (χ1v) is 12.2. The van der Waals surface area contributed by atoms with Crippen LogP contribution in [-0.2, 0) is 6.54 Å². The number of hydrogen-bond donors (Lipinski definition) is 2. The molecule has 0 saturated carbocycles. The summed E-state index contributed by atoms with van der Waals surface area (Å²) < 4.78 is 47.8. The largest absolute Gasteiger partial charge is 0.490 e. The first kappa shape index (κ1) is 27.1. The molecule has 202 valence electrons. The Labute approximate surface area is 218 Å². The standard InChI is InChI=1S/C26H29F3N6O3/c1-33-10-12-34(13-11-33)9-2-14-38-23-6-4-20(16-22(23)29)31-25-30-8-7-24(32-25)35(26(36)37)17-18-15-19(27)3-5-21(18)28/h3-8,15-16H,2,9-14,17H2,1H3,(H,36,37)(H,30,31,32). The minimum Gasteiger partial charge on any atom is -0.490 e. The topological polar surface area (TPSA) is 94.1 Å².